The first-order valence-electron chi connectivity index (χ1n) is 5.92. The van der Waals surface area contributed by atoms with Crippen LogP contribution in [0.1, 0.15) is 25.7 Å². The molecule has 2 rings (SSSR count). The number of carbonyl (C=O) groups is 2. The van der Waals surface area contributed by atoms with E-state index in [4.69, 9.17) is 1.41 Å². The Morgan fingerprint density at radius 3 is 2.67 bits per heavy atom. The summed E-state index contributed by atoms with van der Waals surface area (Å²) in [5.41, 5.74) is 2.15. The maximum atomic E-state index is 11.8. The zero-order valence-electron chi connectivity index (χ0n) is 9.88. The van der Waals surface area contributed by atoms with E-state index in [0.717, 1.165) is 25.7 Å². The van der Waals surface area contributed by atoms with E-state index >= 15 is 0 Å². The van der Waals surface area contributed by atoms with E-state index in [-0.39, 0.29) is 29.1 Å². The summed E-state index contributed by atoms with van der Waals surface area (Å²) in [4.78, 5) is 23.4. The Morgan fingerprint density at radius 2 is 2.13 bits per heavy atom. The summed E-state index contributed by atoms with van der Waals surface area (Å²) in [6.07, 6.45) is 3.80. The maximum Gasteiger partial charge on any atom is 0.242 e. The summed E-state index contributed by atoms with van der Waals surface area (Å²) < 4.78 is 6.92. The first-order valence-corrected chi connectivity index (χ1v) is 5.42. The van der Waals surface area contributed by atoms with Crippen LogP contribution in [-0.2, 0) is 9.59 Å². The number of carbonyl (C=O) groups excluding carboxylic acids is 2. The molecule has 2 saturated carbocycles. The minimum absolute atomic E-state index is 0.0834. The Morgan fingerprint density at radius 1 is 1.47 bits per heavy atom. The van der Waals surface area contributed by atoms with Gasteiger partial charge in [-0.3, -0.25) is 9.59 Å². The van der Waals surface area contributed by atoms with E-state index < -0.39 is 0 Å². The molecule has 1 spiro atoms. The molecule has 3 N–H and O–H groups in total. The molecule has 0 aliphatic heterocycles. The minimum atomic E-state index is -0.319. The van der Waals surface area contributed by atoms with Gasteiger partial charge in [-0.2, -0.15) is 0 Å². The standard InChI is InChI=1S/C10H16BN2O2/c1-11-13-9(15)7-5-10(2-3-10)4-6(7)8(12)14/h6-7H,2-5H2,1H3,(H2,12,14)(H,13,15)/t6-,7-/m0/s1/i/hD. The molecule has 2 amide bonds. The van der Waals surface area contributed by atoms with Gasteiger partial charge >= 0.3 is 0 Å². The number of primary amides is 1. The summed E-state index contributed by atoms with van der Waals surface area (Å²) in [5, 5.41) is 2.66. The summed E-state index contributed by atoms with van der Waals surface area (Å²) in [6, 6.07) is 0. The SMILES string of the molecule is [2H]NC(=O)[C@H]1CC2(CC2)C[C@@H]1C(=O)N[B]C. The second kappa shape index (κ2) is 3.54. The molecule has 0 aromatic rings. The molecule has 2 fully saturated rings. The molecule has 0 bridgehead atoms. The third kappa shape index (κ3) is 1.87. The largest absolute Gasteiger partial charge is 0.403 e. The highest BCUT2D eigenvalue weighted by atomic mass is 16.2. The van der Waals surface area contributed by atoms with E-state index in [2.05, 4.69) is 5.23 Å². The van der Waals surface area contributed by atoms with E-state index in [1.807, 2.05) is 5.73 Å². The summed E-state index contributed by atoms with van der Waals surface area (Å²) >= 11 is 0. The van der Waals surface area contributed by atoms with Gasteiger partial charge in [0.1, 0.15) is 0 Å². The van der Waals surface area contributed by atoms with Crippen LogP contribution >= 0.6 is 0 Å². The van der Waals surface area contributed by atoms with Crippen molar-refractivity contribution in [2.24, 2.45) is 23.0 Å². The van der Waals surface area contributed by atoms with Crippen LogP contribution in [0.3, 0.4) is 0 Å². The second-order valence-electron chi connectivity index (χ2n) is 4.78. The smallest absolute Gasteiger partial charge is 0.242 e. The highest BCUT2D eigenvalue weighted by Crippen LogP contribution is 2.61. The van der Waals surface area contributed by atoms with Gasteiger partial charge < -0.3 is 11.0 Å². The lowest BCUT2D eigenvalue weighted by molar-refractivity contribution is -0.131. The predicted octanol–water partition coefficient (Wildman–Crippen LogP) is 0.0616. The first-order chi connectivity index (χ1) is 7.62. The monoisotopic (exact) mass is 208 g/mol. The summed E-state index contributed by atoms with van der Waals surface area (Å²) in [7, 11) is 1.59. The van der Waals surface area contributed by atoms with Crippen molar-refractivity contribution < 1.29 is 11.0 Å². The van der Waals surface area contributed by atoms with Crippen LogP contribution in [0.2, 0.25) is 8.23 Å². The lowest BCUT2D eigenvalue weighted by Crippen LogP contribution is -2.38. The molecular weight excluding hydrogens is 191 g/mol. The Labute approximate surface area is 91.7 Å². The topological polar surface area (TPSA) is 72.2 Å². The van der Waals surface area contributed by atoms with E-state index in [9.17, 15) is 9.59 Å². The van der Waals surface area contributed by atoms with Crippen LogP contribution in [-0.4, -0.2) is 19.2 Å². The zero-order valence-corrected chi connectivity index (χ0v) is 8.88. The molecule has 4 nitrogen and oxygen atoms in total. The molecule has 0 unspecified atom stereocenters. The lowest BCUT2D eigenvalue weighted by atomic mass is 9.91. The van der Waals surface area contributed by atoms with Gasteiger partial charge in [0.2, 0.25) is 19.2 Å². The molecule has 0 aromatic carbocycles. The van der Waals surface area contributed by atoms with Crippen molar-refractivity contribution in [3.63, 3.8) is 0 Å². The van der Waals surface area contributed by atoms with Gasteiger partial charge in [-0.15, -0.1) is 0 Å². The fourth-order valence-electron chi connectivity index (χ4n) is 2.69. The summed E-state index contributed by atoms with van der Waals surface area (Å²) in [5.74, 6) is -0.982. The van der Waals surface area contributed by atoms with Crippen LogP contribution in [0.25, 0.3) is 0 Å². The molecule has 81 valence electrons. The second-order valence-corrected chi connectivity index (χ2v) is 4.78. The number of amides is 2. The maximum absolute atomic E-state index is 11.8. The molecule has 0 saturated heterocycles. The highest BCUT2D eigenvalue weighted by molar-refractivity contribution is 6.35. The average molecular weight is 208 g/mol. The summed E-state index contributed by atoms with van der Waals surface area (Å²) in [6.45, 7) is 1.75. The normalized spacial score (nSPS) is 31.9. The fraction of sp³-hybridized carbons (Fsp3) is 0.800. The van der Waals surface area contributed by atoms with Crippen molar-refractivity contribution in [2.45, 2.75) is 32.5 Å². The van der Waals surface area contributed by atoms with Crippen LogP contribution < -0.4 is 11.0 Å². The molecular formula is C10H16BN2O2. The van der Waals surface area contributed by atoms with Crippen molar-refractivity contribution in [3.8, 4) is 0 Å². The van der Waals surface area contributed by atoms with Gasteiger partial charge in [-0.05, 0) is 31.1 Å². The number of nitrogens with two attached hydrogens (primary N) is 1. The van der Waals surface area contributed by atoms with E-state index in [0.29, 0.717) is 0 Å². The third-order valence-corrected chi connectivity index (χ3v) is 3.71. The van der Waals surface area contributed by atoms with Gasteiger partial charge in [-0.1, -0.05) is 6.82 Å². The van der Waals surface area contributed by atoms with Crippen molar-refractivity contribution in [3.05, 3.63) is 0 Å². The first kappa shape index (κ1) is 9.25. The predicted molar refractivity (Wildman–Crippen MR) is 56.8 cm³/mol. The van der Waals surface area contributed by atoms with Gasteiger partial charge in [0, 0.05) is 11.8 Å². The van der Waals surface area contributed by atoms with Gasteiger partial charge in [0.25, 0.3) is 0 Å². The van der Waals surface area contributed by atoms with Crippen molar-refractivity contribution in [1.82, 2.24) is 5.23 Å². The highest BCUT2D eigenvalue weighted by Gasteiger charge is 2.55. The molecule has 0 aromatic heterocycles. The minimum Gasteiger partial charge on any atom is -0.403 e. The van der Waals surface area contributed by atoms with Gasteiger partial charge in [-0.25, -0.2) is 0 Å². The molecule has 2 atom stereocenters. The van der Waals surface area contributed by atoms with Crippen LogP contribution in [0.15, 0.2) is 0 Å². The van der Waals surface area contributed by atoms with Crippen molar-refractivity contribution >= 4 is 19.2 Å². The fourth-order valence-corrected chi connectivity index (χ4v) is 2.69. The molecule has 5 heteroatoms. The van der Waals surface area contributed by atoms with Crippen molar-refractivity contribution in [1.29, 1.82) is 0 Å². The Balaban J connectivity index is 2.08. The van der Waals surface area contributed by atoms with Gasteiger partial charge in [0.05, 0.1) is 0 Å². The quantitative estimate of drug-likeness (QED) is 0.643. The molecule has 2 aliphatic carbocycles. The van der Waals surface area contributed by atoms with E-state index in [1.165, 1.54) is 0 Å². The molecule has 15 heavy (non-hydrogen) atoms. The third-order valence-electron chi connectivity index (χ3n) is 3.71. The number of hydrogen-bond acceptors (Lipinski definition) is 2. The average Bonchev–Trinajstić information content (AvgIpc) is 2.89. The Kier molecular flexibility index (Phi) is 2.18. The lowest BCUT2D eigenvalue weighted by Gasteiger charge is -2.15. The molecule has 2 aliphatic rings. The van der Waals surface area contributed by atoms with Crippen LogP contribution in [0.4, 0.5) is 0 Å². The Hall–Kier alpha value is -0.995. The van der Waals surface area contributed by atoms with Crippen molar-refractivity contribution in [2.75, 3.05) is 0 Å². The van der Waals surface area contributed by atoms with Crippen LogP contribution in [0, 0.1) is 17.3 Å². The van der Waals surface area contributed by atoms with E-state index in [1.54, 1.807) is 14.2 Å². The number of rotatable bonds is 3. The van der Waals surface area contributed by atoms with Crippen LogP contribution in [0.5, 0.6) is 0 Å². The molecule has 1 radical (unpaired) electrons. The molecule has 0 heterocycles. The zero-order chi connectivity index (χ0) is 11.8. The number of nitrogens with one attached hydrogen (secondary N) is 1. The van der Waals surface area contributed by atoms with Gasteiger partial charge in [0.15, 0.2) is 1.41 Å². The Bertz CT molecular complexity index is 320. The number of hydrogen-bond donors (Lipinski definition) is 2.